The highest BCUT2D eigenvalue weighted by atomic mass is 16.1. The molecule has 26 heavy (non-hydrogen) atoms. The van der Waals surface area contributed by atoms with E-state index in [1.54, 1.807) is 6.20 Å². The molecule has 0 aliphatic carbocycles. The number of aromatic nitrogens is 5. The summed E-state index contributed by atoms with van der Waals surface area (Å²) in [5.41, 5.74) is 0.827. The maximum absolute atomic E-state index is 12.5. The van der Waals surface area contributed by atoms with Gasteiger partial charge in [-0.1, -0.05) is 6.07 Å². The summed E-state index contributed by atoms with van der Waals surface area (Å²) in [5.74, 6) is 0.935. The van der Waals surface area contributed by atoms with Gasteiger partial charge in [-0.25, -0.2) is 0 Å². The normalized spacial score (nSPS) is 17.5. The molecule has 1 saturated heterocycles. The fourth-order valence-corrected chi connectivity index (χ4v) is 3.45. The summed E-state index contributed by atoms with van der Waals surface area (Å²) in [6.07, 6.45) is 8.43. The number of rotatable bonds is 6. The van der Waals surface area contributed by atoms with Gasteiger partial charge in [0.05, 0.1) is 5.92 Å². The zero-order chi connectivity index (χ0) is 17.8. The molecular weight excluding hydrogens is 330 g/mol. The van der Waals surface area contributed by atoms with Crippen molar-refractivity contribution in [2.24, 2.45) is 5.92 Å². The highest BCUT2D eigenvalue weighted by Gasteiger charge is 2.27. The van der Waals surface area contributed by atoms with Gasteiger partial charge in [-0.15, -0.1) is 10.2 Å². The maximum atomic E-state index is 12.5. The van der Waals surface area contributed by atoms with Crippen molar-refractivity contribution in [3.05, 3.63) is 42.9 Å². The Hall–Kier alpha value is -2.90. The molecule has 8 nitrogen and oxygen atoms in total. The molecule has 3 aromatic heterocycles. The van der Waals surface area contributed by atoms with Gasteiger partial charge in [0.15, 0.2) is 5.65 Å². The van der Waals surface area contributed by atoms with Crippen LogP contribution in [0.2, 0.25) is 0 Å². The average molecular weight is 353 g/mol. The first-order valence-electron chi connectivity index (χ1n) is 9.11. The smallest absolute Gasteiger partial charge is 0.231 e. The number of fused-ring (bicyclic) bond motifs is 1. The van der Waals surface area contributed by atoms with Crippen LogP contribution in [0.1, 0.15) is 19.3 Å². The number of carbonyl (C=O) groups is 1. The van der Waals surface area contributed by atoms with E-state index in [9.17, 15) is 4.79 Å². The van der Waals surface area contributed by atoms with Crippen molar-refractivity contribution in [2.75, 3.05) is 24.5 Å². The van der Waals surface area contributed by atoms with Crippen molar-refractivity contribution in [3.63, 3.8) is 0 Å². The standard InChI is InChI=1S/C18H23N7O/c26-17(19-8-4-11-24-12-5-9-20-24)15-6-3-10-23(14-15)18-22-21-16-7-1-2-13-25(16)18/h1-2,5,7,9,12-13,15H,3-4,6,8,10-11,14H2,(H,19,26). The van der Waals surface area contributed by atoms with Crippen LogP contribution in [0.4, 0.5) is 5.95 Å². The van der Waals surface area contributed by atoms with E-state index in [0.29, 0.717) is 13.1 Å². The first-order valence-corrected chi connectivity index (χ1v) is 9.11. The molecule has 1 amide bonds. The van der Waals surface area contributed by atoms with Crippen molar-refractivity contribution in [1.82, 2.24) is 29.7 Å². The van der Waals surface area contributed by atoms with Gasteiger partial charge in [-0.3, -0.25) is 13.9 Å². The Morgan fingerprint density at radius 3 is 3.08 bits per heavy atom. The molecule has 1 unspecified atom stereocenters. The van der Waals surface area contributed by atoms with Crippen LogP contribution in [0.3, 0.4) is 0 Å². The zero-order valence-electron chi connectivity index (χ0n) is 14.7. The van der Waals surface area contributed by atoms with Gasteiger partial charge in [-0.05, 0) is 37.5 Å². The van der Waals surface area contributed by atoms with Crippen LogP contribution in [0.5, 0.6) is 0 Å². The Morgan fingerprint density at radius 1 is 1.23 bits per heavy atom. The van der Waals surface area contributed by atoms with Gasteiger partial charge in [-0.2, -0.15) is 5.10 Å². The third-order valence-corrected chi connectivity index (χ3v) is 4.79. The summed E-state index contributed by atoms with van der Waals surface area (Å²) in [4.78, 5) is 14.7. The first-order chi connectivity index (χ1) is 12.8. The quantitative estimate of drug-likeness (QED) is 0.677. The van der Waals surface area contributed by atoms with Crippen LogP contribution in [-0.4, -0.2) is 49.9 Å². The molecule has 1 atom stereocenters. The van der Waals surface area contributed by atoms with E-state index in [2.05, 4.69) is 25.5 Å². The van der Waals surface area contributed by atoms with Gasteiger partial charge in [0.1, 0.15) is 0 Å². The van der Waals surface area contributed by atoms with E-state index in [4.69, 9.17) is 0 Å². The second-order valence-corrected chi connectivity index (χ2v) is 6.63. The van der Waals surface area contributed by atoms with Crippen LogP contribution < -0.4 is 10.2 Å². The molecule has 0 saturated carbocycles. The lowest BCUT2D eigenvalue weighted by atomic mass is 9.97. The summed E-state index contributed by atoms with van der Waals surface area (Å²) < 4.78 is 3.86. The minimum absolute atomic E-state index is 0.00971. The van der Waals surface area contributed by atoms with Gasteiger partial charge in [0.2, 0.25) is 11.9 Å². The van der Waals surface area contributed by atoms with E-state index in [0.717, 1.165) is 43.9 Å². The molecule has 0 aromatic carbocycles. The van der Waals surface area contributed by atoms with E-state index >= 15 is 0 Å². The number of anilines is 1. The van der Waals surface area contributed by atoms with Gasteiger partial charge in [0, 0.05) is 44.8 Å². The van der Waals surface area contributed by atoms with Crippen molar-refractivity contribution >= 4 is 17.5 Å². The van der Waals surface area contributed by atoms with Crippen LogP contribution in [0.25, 0.3) is 5.65 Å². The van der Waals surface area contributed by atoms with Crippen molar-refractivity contribution in [3.8, 4) is 0 Å². The van der Waals surface area contributed by atoms with E-state index in [-0.39, 0.29) is 11.8 Å². The molecule has 1 aliphatic heterocycles. The van der Waals surface area contributed by atoms with Gasteiger partial charge < -0.3 is 10.2 Å². The number of nitrogens with one attached hydrogen (secondary N) is 1. The molecular formula is C18H23N7O. The van der Waals surface area contributed by atoms with E-state index in [1.165, 1.54) is 0 Å². The first kappa shape index (κ1) is 16.6. The lowest BCUT2D eigenvalue weighted by molar-refractivity contribution is -0.125. The van der Waals surface area contributed by atoms with Crippen LogP contribution >= 0.6 is 0 Å². The second-order valence-electron chi connectivity index (χ2n) is 6.63. The molecule has 0 radical (unpaired) electrons. The minimum atomic E-state index is -0.00971. The molecule has 3 aromatic rings. The van der Waals surface area contributed by atoms with Crippen molar-refractivity contribution in [2.45, 2.75) is 25.8 Å². The lowest BCUT2D eigenvalue weighted by Crippen LogP contribution is -2.44. The Morgan fingerprint density at radius 2 is 2.19 bits per heavy atom. The third kappa shape index (κ3) is 3.54. The van der Waals surface area contributed by atoms with Crippen LogP contribution in [0, 0.1) is 5.92 Å². The predicted molar refractivity (Wildman–Crippen MR) is 97.8 cm³/mol. The minimum Gasteiger partial charge on any atom is -0.356 e. The number of nitrogens with zero attached hydrogens (tertiary/aromatic N) is 6. The highest BCUT2D eigenvalue weighted by molar-refractivity contribution is 5.79. The number of amides is 1. The summed E-state index contributed by atoms with van der Waals surface area (Å²) in [6.45, 7) is 3.07. The Kier molecular flexibility index (Phi) is 4.81. The average Bonchev–Trinajstić information content (AvgIpc) is 3.35. The number of aryl methyl sites for hydroxylation is 1. The van der Waals surface area contributed by atoms with E-state index < -0.39 is 0 Å². The molecule has 4 heterocycles. The maximum Gasteiger partial charge on any atom is 0.231 e. The van der Waals surface area contributed by atoms with E-state index in [1.807, 2.05) is 45.7 Å². The monoisotopic (exact) mass is 353 g/mol. The number of piperidine rings is 1. The Labute approximate surface area is 151 Å². The zero-order valence-corrected chi connectivity index (χ0v) is 14.7. The molecule has 0 spiro atoms. The van der Waals surface area contributed by atoms with Crippen LogP contribution in [-0.2, 0) is 11.3 Å². The lowest BCUT2D eigenvalue weighted by Gasteiger charge is -2.32. The van der Waals surface area contributed by atoms with Gasteiger partial charge in [0.25, 0.3) is 0 Å². The molecule has 8 heteroatoms. The second kappa shape index (κ2) is 7.55. The predicted octanol–water partition coefficient (Wildman–Crippen LogP) is 1.35. The van der Waals surface area contributed by atoms with Crippen LogP contribution in [0.15, 0.2) is 42.9 Å². The molecule has 1 aliphatic rings. The fraction of sp³-hybridized carbons (Fsp3) is 0.444. The topological polar surface area (TPSA) is 80.3 Å². The number of pyridine rings is 1. The third-order valence-electron chi connectivity index (χ3n) is 4.79. The van der Waals surface area contributed by atoms with Crippen molar-refractivity contribution < 1.29 is 4.79 Å². The SMILES string of the molecule is O=C(NCCCn1cccn1)C1CCCN(c2nnc3ccccn23)C1. The van der Waals surface area contributed by atoms with Gasteiger partial charge >= 0.3 is 0 Å². The summed E-state index contributed by atoms with van der Waals surface area (Å²) in [5, 5.41) is 15.8. The number of carbonyl (C=O) groups excluding carboxylic acids is 1. The summed E-state index contributed by atoms with van der Waals surface area (Å²) in [6, 6.07) is 7.75. The number of hydrogen-bond acceptors (Lipinski definition) is 5. The Bertz CT molecular complexity index is 857. The molecule has 1 fully saturated rings. The molecule has 1 N–H and O–H groups in total. The fourth-order valence-electron chi connectivity index (χ4n) is 3.45. The Balaban J connectivity index is 1.32. The summed E-state index contributed by atoms with van der Waals surface area (Å²) >= 11 is 0. The largest absolute Gasteiger partial charge is 0.356 e. The van der Waals surface area contributed by atoms with Crippen molar-refractivity contribution in [1.29, 1.82) is 0 Å². The molecule has 4 rings (SSSR count). The molecule has 0 bridgehead atoms. The molecule has 136 valence electrons. The summed E-state index contributed by atoms with van der Waals surface area (Å²) in [7, 11) is 0. The highest BCUT2D eigenvalue weighted by Crippen LogP contribution is 2.22. The number of hydrogen-bond donors (Lipinski definition) is 1.